The summed E-state index contributed by atoms with van der Waals surface area (Å²) in [4.78, 5) is 22.9. The van der Waals surface area contributed by atoms with Crippen LogP contribution in [0.25, 0.3) is 0 Å². The first-order valence-electron chi connectivity index (χ1n) is 6.03. The van der Waals surface area contributed by atoms with Crippen LogP contribution in [0, 0.1) is 5.41 Å². The molecule has 0 heterocycles. The van der Waals surface area contributed by atoms with E-state index >= 15 is 0 Å². The van der Waals surface area contributed by atoms with Crippen molar-refractivity contribution >= 4 is 12.1 Å². The summed E-state index contributed by atoms with van der Waals surface area (Å²) < 4.78 is 14.6. The van der Waals surface area contributed by atoms with Gasteiger partial charge in [-0.25, -0.2) is 4.79 Å². The monoisotopic (exact) mass is 246 g/mol. The lowest BCUT2D eigenvalue weighted by Crippen LogP contribution is -2.37. The van der Waals surface area contributed by atoms with E-state index in [2.05, 4.69) is 4.74 Å². The molecule has 0 aromatic rings. The van der Waals surface area contributed by atoms with Crippen LogP contribution in [0.1, 0.15) is 40.5 Å². The van der Waals surface area contributed by atoms with Gasteiger partial charge in [-0.3, -0.25) is 4.79 Å². The number of carbonyl (C=O) groups is 2. The Labute approximate surface area is 102 Å². The van der Waals surface area contributed by atoms with E-state index in [4.69, 9.17) is 9.47 Å². The zero-order valence-electron chi connectivity index (χ0n) is 11.1. The van der Waals surface area contributed by atoms with Crippen molar-refractivity contribution in [2.45, 2.75) is 40.5 Å². The highest BCUT2D eigenvalue weighted by Gasteiger charge is 2.38. The predicted octanol–water partition coefficient (Wildman–Crippen LogP) is 2.53. The summed E-state index contributed by atoms with van der Waals surface area (Å²) in [5.41, 5.74) is -0.761. The molecule has 0 aromatic heterocycles. The minimum absolute atomic E-state index is 0.00231. The molecule has 0 spiro atoms. The van der Waals surface area contributed by atoms with Gasteiger partial charge in [0.05, 0.1) is 13.2 Å². The largest absolute Gasteiger partial charge is 0.508 e. The highest BCUT2D eigenvalue weighted by molar-refractivity contribution is 5.77. The molecule has 0 atom stereocenters. The molecule has 100 valence electrons. The minimum Gasteiger partial charge on any atom is -0.465 e. The maximum absolute atomic E-state index is 11.8. The molecule has 0 saturated carbocycles. The van der Waals surface area contributed by atoms with Crippen LogP contribution in [0.2, 0.25) is 0 Å². The van der Waals surface area contributed by atoms with Gasteiger partial charge in [-0.2, -0.15) is 0 Å². The first kappa shape index (κ1) is 15.7. The van der Waals surface area contributed by atoms with E-state index in [0.29, 0.717) is 19.4 Å². The van der Waals surface area contributed by atoms with Crippen LogP contribution in [0.5, 0.6) is 0 Å². The highest BCUT2D eigenvalue weighted by atomic mass is 16.7. The lowest BCUT2D eigenvalue weighted by Gasteiger charge is -2.27. The van der Waals surface area contributed by atoms with E-state index in [1.165, 1.54) is 0 Å². The molecule has 0 N–H and O–H groups in total. The smallest absolute Gasteiger partial charge is 0.465 e. The van der Waals surface area contributed by atoms with Crippen LogP contribution in [-0.2, 0) is 19.0 Å². The lowest BCUT2D eigenvalue weighted by molar-refractivity contribution is -0.159. The van der Waals surface area contributed by atoms with Gasteiger partial charge in [0.2, 0.25) is 0 Å². The van der Waals surface area contributed by atoms with Crippen LogP contribution < -0.4 is 0 Å². The quantitative estimate of drug-likeness (QED) is 0.646. The summed E-state index contributed by atoms with van der Waals surface area (Å²) in [7, 11) is 0. The molecule has 0 aliphatic heterocycles. The van der Waals surface area contributed by atoms with Gasteiger partial charge in [-0.1, -0.05) is 13.8 Å². The number of hydrogen-bond acceptors (Lipinski definition) is 5. The van der Waals surface area contributed by atoms with Crippen LogP contribution in [0.3, 0.4) is 0 Å². The van der Waals surface area contributed by atoms with Crippen molar-refractivity contribution in [3.63, 3.8) is 0 Å². The third kappa shape index (κ3) is 4.63. The Kier molecular flexibility index (Phi) is 7.34. The molecule has 0 bridgehead atoms. The Hall–Kier alpha value is -1.26. The minimum atomic E-state index is -0.761. The molecule has 0 unspecified atom stereocenters. The number of rotatable bonds is 7. The molecule has 0 saturated heterocycles. The first-order chi connectivity index (χ1) is 8.06. The van der Waals surface area contributed by atoms with Crippen molar-refractivity contribution < 1.29 is 23.8 Å². The van der Waals surface area contributed by atoms with Gasteiger partial charge in [-0.15, -0.1) is 0 Å². The van der Waals surface area contributed by atoms with Gasteiger partial charge in [0.15, 0.2) is 0 Å². The molecule has 0 fully saturated rings. The Morgan fingerprint density at radius 3 is 1.82 bits per heavy atom. The maximum Gasteiger partial charge on any atom is 0.508 e. The molecular weight excluding hydrogens is 224 g/mol. The van der Waals surface area contributed by atoms with Gasteiger partial charge in [-0.05, 0) is 26.7 Å². The van der Waals surface area contributed by atoms with E-state index < -0.39 is 11.6 Å². The fourth-order valence-corrected chi connectivity index (χ4v) is 1.44. The summed E-state index contributed by atoms with van der Waals surface area (Å²) in [5, 5.41) is 0. The van der Waals surface area contributed by atoms with Crippen molar-refractivity contribution in [1.82, 2.24) is 0 Å². The average molecular weight is 246 g/mol. The molecule has 17 heavy (non-hydrogen) atoms. The zero-order chi connectivity index (χ0) is 13.3. The summed E-state index contributed by atoms with van der Waals surface area (Å²) in [6.07, 6.45) is 0.367. The first-order valence-corrected chi connectivity index (χ1v) is 6.03. The van der Waals surface area contributed by atoms with Crippen LogP contribution in [0.4, 0.5) is 4.79 Å². The second-order valence-corrected chi connectivity index (χ2v) is 3.68. The molecule has 5 nitrogen and oxygen atoms in total. The Morgan fingerprint density at radius 1 is 0.882 bits per heavy atom. The van der Waals surface area contributed by atoms with E-state index in [9.17, 15) is 9.59 Å². The summed E-state index contributed by atoms with van der Waals surface area (Å²) in [6, 6.07) is 0. The van der Waals surface area contributed by atoms with Crippen LogP contribution in [0.15, 0.2) is 0 Å². The van der Waals surface area contributed by atoms with E-state index in [-0.39, 0.29) is 19.2 Å². The lowest BCUT2D eigenvalue weighted by atomic mass is 9.83. The zero-order valence-corrected chi connectivity index (χ0v) is 11.1. The Balaban J connectivity index is 4.50. The third-order valence-electron chi connectivity index (χ3n) is 2.79. The highest BCUT2D eigenvalue weighted by Crippen LogP contribution is 2.28. The summed E-state index contributed by atoms with van der Waals surface area (Å²) in [6.45, 7) is 7.75. The standard InChI is InChI=1S/C12H22O5/c1-5-12(6-2,10(13)15-7-3)9-17-11(14)16-8-4/h5-9H2,1-4H3. The average Bonchev–Trinajstić information content (AvgIpc) is 2.32. The van der Waals surface area contributed by atoms with Crippen molar-refractivity contribution in [2.24, 2.45) is 5.41 Å². The summed E-state index contributed by atoms with van der Waals surface area (Å²) in [5.74, 6) is -0.325. The normalized spacial score (nSPS) is 10.8. The van der Waals surface area contributed by atoms with Crippen molar-refractivity contribution in [2.75, 3.05) is 19.8 Å². The maximum atomic E-state index is 11.8. The second kappa shape index (κ2) is 7.92. The van der Waals surface area contributed by atoms with Crippen molar-refractivity contribution in [1.29, 1.82) is 0 Å². The Morgan fingerprint density at radius 2 is 1.41 bits per heavy atom. The fourth-order valence-electron chi connectivity index (χ4n) is 1.44. The molecular formula is C12H22O5. The SMILES string of the molecule is CCOC(=O)OCC(CC)(CC)C(=O)OCC. The third-order valence-corrected chi connectivity index (χ3v) is 2.79. The van der Waals surface area contributed by atoms with Crippen LogP contribution in [-0.4, -0.2) is 31.9 Å². The molecule has 0 aromatic carbocycles. The molecule has 0 amide bonds. The number of carbonyl (C=O) groups excluding carboxylic acids is 2. The van der Waals surface area contributed by atoms with E-state index in [1.807, 2.05) is 13.8 Å². The molecule has 0 radical (unpaired) electrons. The van der Waals surface area contributed by atoms with Gasteiger partial charge in [0.25, 0.3) is 0 Å². The second-order valence-electron chi connectivity index (χ2n) is 3.68. The van der Waals surface area contributed by atoms with Crippen LogP contribution >= 0.6 is 0 Å². The number of esters is 1. The molecule has 5 heteroatoms. The predicted molar refractivity (Wildman–Crippen MR) is 62.6 cm³/mol. The molecule has 0 rings (SSSR count). The number of hydrogen-bond donors (Lipinski definition) is 0. The van der Waals surface area contributed by atoms with Crippen molar-refractivity contribution in [3.05, 3.63) is 0 Å². The summed E-state index contributed by atoms with van der Waals surface area (Å²) >= 11 is 0. The van der Waals surface area contributed by atoms with Gasteiger partial charge in [0, 0.05) is 0 Å². The van der Waals surface area contributed by atoms with Crippen molar-refractivity contribution in [3.8, 4) is 0 Å². The number of ether oxygens (including phenoxy) is 3. The van der Waals surface area contributed by atoms with Gasteiger partial charge in [0.1, 0.15) is 12.0 Å². The van der Waals surface area contributed by atoms with E-state index in [1.54, 1.807) is 13.8 Å². The van der Waals surface area contributed by atoms with Gasteiger partial charge < -0.3 is 14.2 Å². The van der Waals surface area contributed by atoms with E-state index in [0.717, 1.165) is 0 Å². The molecule has 0 aliphatic carbocycles. The molecule has 0 aliphatic rings. The fraction of sp³-hybridized carbons (Fsp3) is 0.833. The van der Waals surface area contributed by atoms with Gasteiger partial charge >= 0.3 is 12.1 Å². The topological polar surface area (TPSA) is 61.8 Å². The Bertz CT molecular complexity index is 245.